The standard InChI is InChI=1S/C14H18O2S2/c1-14(2,13-17-6-7-18-13)11-4-5-12(16-3)10(8-11)9-15/h4-5,8-9,13H,6-7H2,1-3H3. The van der Waals surface area contributed by atoms with E-state index in [9.17, 15) is 4.79 Å². The number of benzene rings is 1. The highest BCUT2D eigenvalue weighted by molar-refractivity contribution is 8.20. The van der Waals surface area contributed by atoms with E-state index in [1.54, 1.807) is 7.11 Å². The molecule has 0 N–H and O–H groups in total. The van der Waals surface area contributed by atoms with Crippen LogP contribution in [0.4, 0.5) is 0 Å². The first-order valence-electron chi connectivity index (χ1n) is 5.96. The third-order valence-corrected chi connectivity index (χ3v) is 7.05. The van der Waals surface area contributed by atoms with Gasteiger partial charge in [0.15, 0.2) is 6.29 Å². The topological polar surface area (TPSA) is 26.3 Å². The molecular weight excluding hydrogens is 264 g/mol. The molecule has 18 heavy (non-hydrogen) atoms. The Morgan fingerprint density at radius 2 is 2.00 bits per heavy atom. The van der Waals surface area contributed by atoms with Crippen LogP contribution in [0.1, 0.15) is 29.8 Å². The van der Waals surface area contributed by atoms with Gasteiger partial charge >= 0.3 is 0 Å². The molecule has 0 aromatic heterocycles. The zero-order chi connectivity index (χ0) is 13.2. The summed E-state index contributed by atoms with van der Waals surface area (Å²) in [6.45, 7) is 4.50. The number of hydrogen-bond donors (Lipinski definition) is 0. The molecule has 1 aliphatic rings. The van der Waals surface area contributed by atoms with Crippen molar-refractivity contribution < 1.29 is 9.53 Å². The van der Waals surface area contributed by atoms with Gasteiger partial charge < -0.3 is 4.74 Å². The fraction of sp³-hybridized carbons (Fsp3) is 0.500. The van der Waals surface area contributed by atoms with Crippen molar-refractivity contribution >= 4 is 29.8 Å². The van der Waals surface area contributed by atoms with E-state index in [4.69, 9.17) is 4.74 Å². The van der Waals surface area contributed by atoms with Gasteiger partial charge in [-0.05, 0) is 17.7 Å². The highest BCUT2D eigenvalue weighted by Gasteiger charge is 2.35. The lowest BCUT2D eigenvalue weighted by molar-refractivity contribution is 0.112. The highest BCUT2D eigenvalue weighted by atomic mass is 32.2. The molecule has 0 amide bonds. The molecule has 98 valence electrons. The first-order valence-corrected chi connectivity index (χ1v) is 8.06. The van der Waals surface area contributed by atoms with Gasteiger partial charge in [0.2, 0.25) is 0 Å². The number of carbonyl (C=O) groups is 1. The summed E-state index contributed by atoms with van der Waals surface area (Å²) in [5.41, 5.74) is 1.91. The van der Waals surface area contributed by atoms with Crippen molar-refractivity contribution in [3.05, 3.63) is 29.3 Å². The Bertz CT molecular complexity index is 437. The summed E-state index contributed by atoms with van der Waals surface area (Å²) in [7, 11) is 1.59. The molecule has 0 saturated carbocycles. The van der Waals surface area contributed by atoms with E-state index in [1.807, 2.05) is 35.7 Å². The van der Waals surface area contributed by atoms with Gasteiger partial charge in [-0.25, -0.2) is 0 Å². The van der Waals surface area contributed by atoms with Gasteiger partial charge in [0, 0.05) is 16.9 Å². The summed E-state index contributed by atoms with van der Waals surface area (Å²) < 4.78 is 5.75. The van der Waals surface area contributed by atoms with Crippen LogP contribution in [0.15, 0.2) is 18.2 Å². The van der Waals surface area contributed by atoms with Crippen LogP contribution in [0.3, 0.4) is 0 Å². The van der Waals surface area contributed by atoms with E-state index >= 15 is 0 Å². The fourth-order valence-electron chi connectivity index (χ4n) is 2.14. The van der Waals surface area contributed by atoms with Crippen LogP contribution in [0.5, 0.6) is 5.75 Å². The third kappa shape index (κ3) is 2.54. The van der Waals surface area contributed by atoms with E-state index < -0.39 is 0 Å². The van der Waals surface area contributed by atoms with Crippen LogP contribution in [0, 0.1) is 0 Å². The zero-order valence-corrected chi connectivity index (χ0v) is 12.6. The van der Waals surface area contributed by atoms with Crippen molar-refractivity contribution in [2.24, 2.45) is 0 Å². The second-order valence-corrected chi connectivity index (χ2v) is 7.59. The number of ether oxygens (including phenoxy) is 1. The Kier molecular flexibility index (Phi) is 4.28. The summed E-state index contributed by atoms with van der Waals surface area (Å²) in [6, 6.07) is 5.93. The average Bonchev–Trinajstić information content (AvgIpc) is 2.92. The van der Waals surface area contributed by atoms with Crippen LogP contribution >= 0.6 is 23.5 Å². The number of methoxy groups -OCH3 is 1. The van der Waals surface area contributed by atoms with Crippen LogP contribution in [0.25, 0.3) is 0 Å². The summed E-state index contributed by atoms with van der Waals surface area (Å²) in [5, 5.41) is 0. The molecule has 1 saturated heterocycles. The number of thioether (sulfide) groups is 2. The molecule has 0 atom stereocenters. The Hall–Kier alpha value is -0.610. The molecule has 0 unspecified atom stereocenters. The van der Waals surface area contributed by atoms with Crippen molar-refractivity contribution in [3.8, 4) is 5.75 Å². The largest absolute Gasteiger partial charge is 0.496 e. The predicted octanol–water partition coefficient (Wildman–Crippen LogP) is 3.59. The molecule has 1 aromatic carbocycles. The summed E-state index contributed by atoms with van der Waals surface area (Å²) in [4.78, 5) is 11.1. The minimum Gasteiger partial charge on any atom is -0.496 e. The second-order valence-electron chi connectivity index (χ2n) is 4.87. The number of carbonyl (C=O) groups excluding carboxylic acids is 1. The molecule has 1 aromatic rings. The highest BCUT2D eigenvalue weighted by Crippen LogP contribution is 2.46. The van der Waals surface area contributed by atoms with E-state index in [0.717, 1.165) is 6.29 Å². The molecule has 2 nitrogen and oxygen atoms in total. The zero-order valence-electron chi connectivity index (χ0n) is 10.9. The van der Waals surface area contributed by atoms with E-state index in [-0.39, 0.29) is 5.41 Å². The second kappa shape index (κ2) is 5.57. The van der Waals surface area contributed by atoms with Crippen molar-refractivity contribution in [3.63, 3.8) is 0 Å². The van der Waals surface area contributed by atoms with Crippen LogP contribution in [-0.4, -0.2) is 29.5 Å². The van der Waals surface area contributed by atoms with Gasteiger partial charge in [-0.15, -0.1) is 23.5 Å². The lowest BCUT2D eigenvalue weighted by Crippen LogP contribution is -2.27. The van der Waals surface area contributed by atoms with Gasteiger partial charge in [-0.3, -0.25) is 4.79 Å². The van der Waals surface area contributed by atoms with Gasteiger partial charge in [-0.2, -0.15) is 0 Å². The predicted molar refractivity (Wildman–Crippen MR) is 80.1 cm³/mol. The smallest absolute Gasteiger partial charge is 0.153 e. The molecule has 0 radical (unpaired) electrons. The van der Waals surface area contributed by atoms with Gasteiger partial charge in [-0.1, -0.05) is 19.9 Å². The first kappa shape index (κ1) is 13.8. The Morgan fingerprint density at radius 3 is 2.56 bits per heavy atom. The summed E-state index contributed by atoms with van der Waals surface area (Å²) in [5.74, 6) is 3.08. The maximum absolute atomic E-state index is 11.1. The lowest BCUT2D eigenvalue weighted by Gasteiger charge is -2.31. The summed E-state index contributed by atoms with van der Waals surface area (Å²) >= 11 is 4.02. The van der Waals surface area contributed by atoms with Crippen LogP contribution in [0.2, 0.25) is 0 Å². The maximum atomic E-state index is 11.1. The van der Waals surface area contributed by atoms with Gasteiger partial charge in [0.1, 0.15) is 5.75 Å². The minimum absolute atomic E-state index is 0.0653. The Morgan fingerprint density at radius 1 is 1.33 bits per heavy atom. The van der Waals surface area contributed by atoms with Crippen LogP contribution in [-0.2, 0) is 5.41 Å². The minimum atomic E-state index is 0.0653. The Labute approximate surface area is 117 Å². The SMILES string of the molecule is COc1ccc(C(C)(C)C2SCCS2)cc1C=O. The van der Waals surface area contributed by atoms with Gasteiger partial charge in [0.25, 0.3) is 0 Å². The maximum Gasteiger partial charge on any atom is 0.153 e. The van der Waals surface area contributed by atoms with E-state index in [1.165, 1.54) is 17.1 Å². The summed E-state index contributed by atoms with van der Waals surface area (Å²) in [6.07, 6.45) is 0.868. The normalized spacial score (nSPS) is 16.8. The molecular formula is C14H18O2S2. The lowest BCUT2D eigenvalue weighted by atomic mass is 9.85. The molecule has 4 heteroatoms. The molecule has 0 aliphatic carbocycles. The van der Waals surface area contributed by atoms with Crippen molar-refractivity contribution in [2.75, 3.05) is 18.6 Å². The molecule has 0 spiro atoms. The molecule has 2 rings (SSSR count). The molecule has 1 aliphatic heterocycles. The van der Waals surface area contributed by atoms with E-state index in [2.05, 4.69) is 19.9 Å². The van der Waals surface area contributed by atoms with Crippen molar-refractivity contribution in [2.45, 2.75) is 23.8 Å². The van der Waals surface area contributed by atoms with E-state index in [0.29, 0.717) is 15.9 Å². The van der Waals surface area contributed by atoms with Gasteiger partial charge in [0.05, 0.1) is 17.3 Å². The number of rotatable bonds is 4. The first-order chi connectivity index (χ1) is 8.59. The fourth-order valence-corrected chi connectivity index (χ4v) is 5.40. The molecule has 0 bridgehead atoms. The number of aldehydes is 1. The average molecular weight is 282 g/mol. The van der Waals surface area contributed by atoms with Crippen molar-refractivity contribution in [1.29, 1.82) is 0 Å². The van der Waals surface area contributed by atoms with Crippen molar-refractivity contribution in [1.82, 2.24) is 0 Å². The Balaban J connectivity index is 2.34. The molecule has 1 fully saturated rings. The monoisotopic (exact) mass is 282 g/mol. The third-order valence-electron chi connectivity index (χ3n) is 3.31. The van der Waals surface area contributed by atoms with Crippen LogP contribution < -0.4 is 4.74 Å². The molecule has 1 heterocycles. The number of hydrogen-bond acceptors (Lipinski definition) is 4. The quantitative estimate of drug-likeness (QED) is 0.788.